The summed E-state index contributed by atoms with van der Waals surface area (Å²) >= 11 is 0. The van der Waals surface area contributed by atoms with Gasteiger partial charge < -0.3 is 4.90 Å². The first-order valence-electron chi connectivity index (χ1n) is 8.13. The molecule has 3 aromatic carbocycles. The fourth-order valence-corrected chi connectivity index (χ4v) is 3.00. The maximum absolute atomic E-state index is 4.80. The van der Waals surface area contributed by atoms with Crippen LogP contribution in [-0.2, 0) is 6.54 Å². The van der Waals surface area contributed by atoms with Gasteiger partial charge in [-0.15, -0.1) is 0 Å². The molecular formula is C21H19N3. The van der Waals surface area contributed by atoms with Crippen molar-refractivity contribution in [3.63, 3.8) is 0 Å². The second kappa shape index (κ2) is 5.93. The normalized spacial score (nSPS) is 11.1. The van der Waals surface area contributed by atoms with Crippen LogP contribution in [0.2, 0.25) is 0 Å². The maximum atomic E-state index is 4.80. The molecular weight excluding hydrogens is 294 g/mol. The van der Waals surface area contributed by atoms with E-state index in [0.29, 0.717) is 0 Å². The lowest BCUT2D eigenvalue weighted by atomic mass is 10.1. The van der Waals surface area contributed by atoms with E-state index in [1.165, 1.54) is 16.5 Å². The fraction of sp³-hybridized carbons (Fsp3) is 0.143. The number of benzene rings is 3. The van der Waals surface area contributed by atoms with Crippen molar-refractivity contribution in [1.82, 2.24) is 9.97 Å². The third kappa shape index (κ3) is 2.69. The smallest absolute Gasteiger partial charge is 0.0891 e. The monoisotopic (exact) mass is 313 g/mol. The summed E-state index contributed by atoms with van der Waals surface area (Å²) in [4.78, 5) is 11.7. The molecule has 0 unspecified atom stereocenters. The van der Waals surface area contributed by atoms with Crippen LogP contribution in [0.4, 0.5) is 5.69 Å². The first-order valence-corrected chi connectivity index (χ1v) is 8.13. The molecule has 0 radical (unpaired) electrons. The molecule has 0 saturated heterocycles. The molecule has 0 amide bonds. The number of aryl methyl sites for hydroxylation is 1. The Morgan fingerprint density at radius 3 is 2.25 bits per heavy atom. The Bertz CT molecular complexity index is 1020. The van der Waals surface area contributed by atoms with E-state index in [1.54, 1.807) is 0 Å². The molecule has 3 nitrogen and oxygen atoms in total. The Labute approximate surface area is 141 Å². The molecule has 4 aromatic rings. The van der Waals surface area contributed by atoms with Crippen LogP contribution < -0.4 is 4.90 Å². The van der Waals surface area contributed by atoms with E-state index < -0.39 is 0 Å². The van der Waals surface area contributed by atoms with Crippen LogP contribution in [0.25, 0.3) is 21.8 Å². The van der Waals surface area contributed by atoms with Gasteiger partial charge in [0, 0.05) is 12.7 Å². The van der Waals surface area contributed by atoms with E-state index in [1.807, 2.05) is 31.2 Å². The summed E-state index contributed by atoms with van der Waals surface area (Å²) in [5.74, 6) is 0. The third-order valence-electron chi connectivity index (χ3n) is 4.40. The largest absolute Gasteiger partial charge is 0.369 e. The van der Waals surface area contributed by atoms with E-state index in [4.69, 9.17) is 4.98 Å². The molecule has 0 aliphatic carbocycles. The van der Waals surface area contributed by atoms with Crippen molar-refractivity contribution < 1.29 is 0 Å². The van der Waals surface area contributed by atoms with E-state index >= 15 is 0 Å². The summed E-state index contributed by atoms with van der Waals surface area (Å²) in [5.41, 5.74) is 5.09. The molecule has 0 atom stereocenters. The van der Waals surface area contributed by atoms with Crippen LogP contribution in [0.15, 0.2) is 66.7 Å². The summed E-state index contributed by atoms with van der Waals surface area (Å²) in [6, 6.07) is 23.0. The number of anilines is 1. The number of hydrogen-bond donors (Lipinski definition) is 0. The molecule has 4 rings (SSSR count). The Hall–Kier alpha value is -2.94. The van der Waals surface area contributed by atoms with Crippen molar-refractivity contribution in [3.05, 3.63) is 78.1 Å². The maximum Gasteiger partial charge on any atom is 0.0891 e. The van der Waals surface area contributed by atoms with Crippen molar-refractivity contribution in [2.45, 2.75) is 13.5 Å². The number of aromatic nitrogens is 2. The van der Waals surface area contributed by atoms with Crippen molar-refractivity contribution >= 4 is 27.5 Å². The molecule has 0 N–H and O–H groups in total. The molecule has 1 aromatic heterocycles. The zero-order valence-corrected chi connectivity index (χ0v) is 13.9. The molecule has 0 aliphatic heterocycles. The van der Waals surface area contributed by atoms with Gasteiger partial charge in [-0.1, -0.05) is 42.5 Å². The lowest BCUT2D eigenvalue weighted by Gasteiger charge is -2.20. The number of para-hydroxylation sites is 2. The number of rotatable bonds is 3. The van der Waals surface area contributed by atoms with Crippen molar-refractivity contribution in [3.8, 4) is 0 Å². The van der Waals surface area contributed by atoms with Gasteiger partial charge in [0.1, 0.15) is 0 Å². The summed E-state index contributed by atoms with van der Waals surface area (Å²) in [5, 5.41) is 2.51. The molecule has 118 valence electrons. The van der Waals surface area contributed by atoms with Crippen LogP contribution in [0.5, 0.6) is 0 Å². The van der Waals surface area contributed by atoms with Crippen LogP contribution in [0.1, 0.15) is 11.4 Å². The first kappa shape index (κ1) is 14.6. The standard InChI is InChI=1S/C21H19N3/c1-15-21(23-20-10-6-5-9-19(20)22-15)14-24(2)18-12-11-16-7-3-4-8-17(16)13-18/h3-13H,14H2,1-2H3. The van der Waals surface area contributed by atoms with Gasteiger partial charge in [0.05, 0.1) is 29.0 Å². The van der Waals surface area contributed by atoms with Gasteiger partial charge in [0.2, 0.25) is 0 Å². The van der Waals surface area contributed by atoms with Gasteiger partial charge in [-0.3, -0.25) is 0 Å². The minimum atomic E-state index is 0.738. The summed E-state index contributed by atoms with van der Waals surface area (Å²) in [6.45, 7) is 2.77. The van der Waals surface area contributed by atoms with Crippen molar-refractivity contribution in [1.29, 1.82) is 0 Å². The fourth-order valence-electron chi connectivity index (χ4n) is 3.00. The summed E-state index contributed by atoms with van der Waals surface area (Å²) in [7, 11) is 2.10. The quantitative estimate of drug-likeness (QED) is 0.547. The van der Waals surface area contributed by atoms with E-state index in [2.05, 4.69) is 59.4 Å². The SMILES string of the molecule is Cc1nc2ccccc2nc1CN(C)c1ccc2ccccc2c1. The van der Waals surface area contributed by atoms with Crippen LogP contribution >= 0.6 is 0 Å². The molecule has 1 heterocycles. The average Bonchev–Trinajstić information content (AvgIpc) is 2.62. The highest BCUT2D eigenvalue weighted by Gasteiger charge is 2.09. The first-order chi connectivity index (χ1) is 11.7. The number of hydrogen-bond acceptors (Lipinski definition) is 3. The van der Waals surface area contributed by atoms with Gasteiger partial charge in [0.25, 0.3) is 0 Å². The Morgan fingerprint density at radius 2 is 1.46 bits per heavy atom. The molecule has 0 spiro atoms. The highest BCUT2D eigenvalue weighted by molar-refractivity contribution is 5.85. The second-order valence-electron chi connectivity index (χ2n) is 6.13. The van der Waals surface area contributed by atoms with Crippen LogP contribution in [0, 0.1) is 6.92 Å². The minimum absolute atomic E-state index is 0.738. The average molecular weight is 313 g/mol. The topological polar surface area (TPSA) is 29.0 Å². The highest BCUT2D eigenvalue weighted by atomic mass is 15.1. The lowest BCUT2D eigenvalue weighted by Crippen LogP contribution is -2.18. The van der Waals surface area contributed by atoms with Crippen molar-refractivity contribution in [2.75, 3.05) is 11.9 Å². The van der Waals surface area contributed by atoms with Crippen molar-refractivity contribution in [2.24, 2.45) is 0 Å². The third-order valence-corrected chi connectivity index (χ3v) is 4.40. The molecule has 24 heavy (non-hydrogen) atoms. The van der Waals surface area contributed by atoms with Crippen LogP contribution in [-0.4, -0.2) is 17.0 Å². The molecule has 3 heteroatoms. The minimum Gasteiger partial charge on any atom is -0.369 e. The number of nitrogens with zero attached hydrogens (tertiary/aromatic N) is 3. The van der Waals surface area contributed by atoms with Gasteiger partial charge in [-0.25, -0.2) is 9.97 Å². The molecule has 0 bridgehead atoms. The van der Waals surface area contributed by atoms with Gasteiger partial charge in [-0.2, -0.15) is 0 Å². The summed E-state index contributed by atoms with van der Waals surface area (Å²) < 4.78 is 0. The zero-order valence-electron chi connectivity index (χ0n) is 13.9. The molecule has 0 fully saturated rings. The van der Waals surface area contributed by atoms with Crippen LogP contribution in [0.3, 0.4) is 0 Å². The molecule has 0 aliphatic rings. The predicted octanol–water partition coefficient (Wildman–Crippen LogP) is 4.73. The van der Waals surface area contributed by atoms with E-state index in [9.17, 15) is 0 Å². The van der Waals surface area contributed by atoms with Gasteiger partial charge >= 0.3 is 0 Å². The van der Waals surface area contributed by atoms with E-state index in [-0.39, 0.29) is 0 Å². The second-order valence-corrected chi connectivity index (χ2v) is 6.13. The highest BCUT2D eigenvalue weighted by Crippen LogP contribution is 2.23. The Balaban J connectivity index is 1.67. The Kier molecular flexibility index (Phi) is 3.62. The predicted molar refractivity (Wildman–Crippen MR) is 100 cm³/mol. The zero-order chi connectivity index (χ0) is 16.5. The van der Waals surface area contributed by atoms with Gasteiger partial charge in [-0.05, 0) is 42.0 Å². The Morgan fingerprint density at radius 1 is 0.792 bits per heavy atom. The van der Waals surface area contributed by atoms with Gasteiger partial charge in [0.15, 0.2) is 0 Å². The summed E-state index contributed by atoms with van der Waals surface area (Å²) in [6.07, 6.45) is 0. The van der Waals surface area contributed by atoms with E-state index in [0.717, 1.165) is 29.0 Å². The number of fused-ring (bicyclic) bond motifs is 2. The lowest BCUT2D eigenvalue weighted by molar-refractivity contribution is 0.869. The molecule has 0 saturated carbocycles.